The van der Waals surface area contributed by atoms with Gasteiger partial charge in [0.2, 0.25) is 0 Å². The Hall–Kier alpha value is -1.62. The van der Waals surface area contributed by atoms with E-state index in [1.807, 2.05) is 19.1 Å². The first-order valence-electron chi connectivity index (χ1n) is 6.89. The molecular formula is C15H24N2O3. The lowest BCUT2D eigenvalue weighted by atomic mass is 10.2. The largest absolute Gasteiger partial charge is 0.491 e. The number of aryl methyl sites for hydroxylation is 1. The monoisotopic (exact) mass is 280 g/mol. The van der Waals surface area contributed by atoms with Gasteiger partial charge in [-0.15, -0.1) is 0 Å². The molecule has 5 nitrogen and oxygen atoms in total. The third-order valence-corrected chi connectivity index (χ3v) is 2.71. The lowest BCUT2D eigenvalue weighted by molar-refractivity contribution is -0.141. The SMILES string of the molecule is COC(=O)CCOc1ccc(C)nc1CNCC(C)C. The summed E-state index contributed by atoms with van der Waals surface area (Å²) in [5, 5.41) is 3.34. The first-order valence-corrected chi connectivity index (χ1v) is 6.89. The van der Waals surface area contributed by atoms with E-state index < -0.39 is 0 Å². The van der Waals surface area contributed by atoms with Crippen molar-refractivity contribution >= 4 is 5.97 Å². The third kappa shape index (κ3) is 6.02. The van der Waals surface area contributed by atoms with Crippen LogP contribution in [0.3, 0.4) is 0 Å². The van der Waals surface area contributed by atoms with Gasteiger partial charge in [-0.05, 0) is 31.5 Å². The van der Waals surface area contributed by atoms with Crippen LogP contribution in [0.1, 0.15) is 31.7 Å². The maximum atomic E-state index is 11.1. The second-order valence-corrected chi connectivity index (χ2v) is 5.10. The number of methoxy groups -OCH3 is 1. The van der Waals surface area contributed by atoms with Gasteiger partial charge in [0.15, 0.2) is 0 Å². The van der Waals surface area contributed by atoms with Crippen LogP contribution in [0, 0.1) is 12.8 Å². The average Bonchev–Trinajstić information content (AvgIpc) is 2.40. The fourth-order valence-electron chi connectivity index (χ4n) is 1.68. The van der Waals surface area contributed by atoms with Crippen molar-refractivity contribution in [3.05, 3.63) is 23.5 Å². The van der Waals surface area contributed by atoms with Gasteiger partial charge in [0.1, 0.15) is 5.75 Å². The number of carbonyl (C=O) groups is 1. The van der Waals surface area contributed by atoms with Crippen LogP contribution in [0.15, 0.2) is 12.1 Å². The average molecular weight is 280 g/mol. The Kier molecular flexibility index (Phi) is 7.01. The second-order valence-electron chi connectivity index (χ2n) is 5.10. The van der Waals surface area contributed by atoms with Gasteiger partial charge >= 0.3 is 5.97 Å². The minimum absolute atomic E-state index is 0.239. The van der Waals surface area contributed by atoms with Crippen molar-refractivity contribution in [3.8, 4) is 5.75 Å². The number of esters is 1. The number of carbonyl (C=O) groups excluding carboxylic acids is 1. The topological polar surface area (TPSA) is 60.5 Å². The zero-order chi connectivity index (χ0) is 15.0. The first-order chi connectivity index (χ1) is 9.52. The molecule has 0 aliphatic carbocycles. The zero-order valence-corrected chi connectivity index (χ0v) is 12.7. The molecule has 0 bridgehead atoms. The van der Waals surface area contributed by atoms with E-state index in [4.69, 9.17) is 4.74 Å². The summed E-state index contributed by atoms with van der Waals surface area (Å²) < 4.78 is 10.2. The van der Waals surface area contributed by atoms with Crippen LogP contribution >= 0.6 is 0 Å². The molecule has 1 heterocycles. The molecule has 1 aromatic rings. The van der Waals surface area contributed by atoms with Gasteiger partial charge in [-0.3, -0.25) is 9.78 Å². The standard InChI is InChI=1S/C15H24N2O3/c1-11(2)9-16-10-13-14(6-5-12(3)17-13)20-8-7-15(18)19-4/h5-6,11,16H,7-10H2,1-4H3. The van der Waals surface area contributed by atoms with Crippen LogP contribution in [0.4, 0.5) is 0 Å². The van der Waals surface area contributed by atoms with Crippen molar-refractivity contribution in [3.63, 3.8) is 0 Å². The number of ether oxygens (including phenoxy) is 2. The van der Waals surface area contributed by atoms with Crippen molar-refractivity contribution in [1.29, 1.82) is 0 Å². The third-order valence-electron chi connectivity index (χ3n) is 2.71. The Labute approximate surface area is 120 Å². The van der Waals surface area contributed by atoms with Gasteiger partial charge in [-0.2, -0.15) is 0 Å². The summed E-state index contributed by atoms with van der Waals surface area (Å²) in [6.45, 7) is 8.15. The van der Waals surface area contributed by atoms with Crippen molar-refractivity contribution < 1.29 is 14.3 Å². The summed E-state index contributed by atoms with van der Waals surface area (Å²) in [5.41, 5.74) is 1.82. The summed E-state index contributed by atoms with van der Waals surface area (Å²) >= 11 is 0. The molecule has 0 spiro atoms. The van der Waals surface area contributed by atoms with Crippen LogP contribution in [0.2, 0.25) is 0 Å². The molecular weight excluding hydrogens is 256 g/mol. The van der Waals surface area contributed by atoms with Gasteiger partial charge < -0.3 is 14.8 Å². The van der Waals surface area contributed by atoms with Gasteiger partial charge in [-0.1, -0.05) is 13.8 Å². The number of rotatable bonds is 8. The van der Waals surface area contributed by atoms with Crippen molar-refractivity contribution in [2.45, 2.75) is 33.7 Å². The number of pyridine rings is 1. The molecule has 0 atom stereocenters. The van der Waals surface area contributed by atoms with Crippen LogP contribution in [0.5, 0.6) is 5.75 Å². The Morgan fingerprint density at radius 1 is 1.40 bits per heavy atom. The number of nitrogens with one attached hydrogen (secondary N) is 1. The minimum Gasteiger partial charge on any atom is -0.491 e. The number of hydrogen-bond donors (Lipinski definition) is 1. The molecule has 1 aromatic heterocycles. The molecule has 0 aromatic carbocycles. The highest BCUT2D eigenvalue weighted by Crippen LogP contribution is 2.17. The molecule has 5 heteroatoms. The Morgan fingerprint density at radius 2 is 2.15 bits per heavy atom. The molecule has 1 rings (SSSR count). The van der Waals surface area contributed by atoms with E-state index in [0.717, 1.165) is 23.7 Å². The van der Waals surface area contributed by atoms with Crippen molar-refractivity contribution in [2.75, 3.05) is 20.3 Å². The molecule has 0 amide bonds. The van der Waals surface area contributed by atoms with E-state index in [0.29, 0.717) is 19.1 Å². The number of hydrogen-bond acceptors (Lipinski definition) is 5. The molecule has 0 aliphatic rings. The van der Waals surface area contributed by atoms with E-state index in [2.05, 4.69) is 28.9 Å². The van der Waals surface area contributed by atoms with E-state index >= 15 is 0 Å². The summed E-state index contributed by atoms with van der Waals surface area (Å²) in [5.74, 6) is 1.03. The Bertz CT molecular complexity index is 433. The molecule has 0 unspecified atom stereocenters. The second kappa shape index (κ2) is 8.53. The highest BCUT2D eigenvalue weighted by atomic mass is 16.5. The van der Waals surface area contributed by atoms with Crippen molar-refractivity contribution in [2.24, 2.45) is 5.92 Å². The molecule has 0 saturated carbocycles. The molecule has 112 valence electrons. The lowest BCUT2D eigenvalue weighted by Gasteiger charge is -2.13. The molecule has 0 aliphatic heterocycles. The molecule has 0 saturated heterocycles. The number of nitrogens with zero attached hydrogens (tertiary/aromatic N) is 1. The fraction of sp³-hybridized carbons (Fsp3) is 0.600. The summed E-state index contributed by atoms with van der Waals surface area (Å²) in [6, 6.07) is 3.80. The van der Waals surface area contributed by atoms with Crippen LogP contribution in [-0.4, -0.2) is 31.2 Å². The van der Waals surface area contributed by atoms with Crippen molar-refractivity contribution in [1.82, 2.24) is 10.3 Å². The summed E-state index contributed by atoms with van der Waals surface area (Å²) in [7, 11) is 1.37. The maximum absolute atomic E-state index is 11.1. The van der Waals surface area contributed by atoms with Gasteiger partial charge in [0, 0.05) is 12.2 Å². The molecule has 20 heavy (non-hydrogen) atoms. The number of aromatic nitrogens is 1. The fourth-order valence-corrected chi connectivity index (χ4v) is 1.68. The first kappa shape index (κ1) is 16.4. The van der Waals surface area contributed by atoms with E-state index in [-0.39, 0.29) is 12.4 Å². The van der Waals surface area contributed by atoms with Gasteiger partial charge in [0.25, 0.3) is 0 Å². The van der Waals surface area contributed by atoms with E-state index in [9.17, 15) is 4.79 Å². The van der Waals surface area contributed by atoms with Gasteiger partial charge in [-0.25, -0.2) is 0 Å². The highest BCUT2D eigenvalue weighted by molar-refractivity contribution is 5.69. The zero-order valence-electron chi connectivity index (χ0n) is 12.7. The Morgan fingerprint density at radius 3 is 2.80 bits per heavy atom. The van der Waals surface area contributed by atoms with Crippen LogP contribution in [0.25, 0.3) is 0 Å². The summed E-state index contributed by atoms with van der Waals surface area (Å²) in [6.07, 6.45) is 0.239. The summed E-state index contributed by atoms with van der Waals surface area (Å²) in [4.78, 5) is 15.5. The molecule has 0 fully saturated rings. The quantitative estimate of drug-likeness (QED) is 0.739. The van der Waals surface area contributed by atoms with E-state index in [1.165, 1.54) is 7.11 Å². The van der Waals surface area contributed by atoms with E-state index in [1.54, 1.807) is 0 Å². The molecule has 0 radical (unpaired) electrons. The van der Waals surface area contributed by atoms with Crippen LogP contribution in [-0.2, 0) is 16.1 Å². The minimum atomic E-state index is -0.274. The van der Waals surface area contributed by atoms with Crippen LogP contribution < -0.4 is 10.1 Å². The predicted octanol–water partition coefficient (Wildman–Crippen LogP) is 2.08. The van der Waals surface area contributed by atoms with Gasteiger partial charge in [0.05, 0.1) is 25.8 Å². The molecule has 1 N–H and O–H groups in total. The predicted molar refractivity (Wildman–Crippen MR) is 77.6 cm³/mol. The normalized spacial score (nSPS) is 10.7. The Balaban J connectivity index is 2.57. The lowest BCUT2D eigenvalue weighted by Crippen LogP contribution is -2.20. The highest BCUT2D eigenvalue weighted by Gasteiger charge is 2.08. The maximum Gasteiger partial charge on any atom is 0.308 e. The smallest absolute Gasteiger partial charge is 0.308 e.